The summed E-state index contributed by atoms with van der Waals surface area (Å²) in [7, 11) is 0. The molecule has 14 heavy (non-hydrogen) atoms. The van der Waals surface area contributed by atoms with Gasteiger partial charge in [0.15, 0.2) is 11.5 Å². The van der Waals surface area contributed by atoms with Gasteiger partial charge in [-0.15, -0.1) is 0 Å². The van der Waals surface area contributed by atoms with Crippen LogP contribution in [0.15, 0.2) is 24.5 Å². The highest BCUT2D eigenvalue weighted by Gasteiger charge is 2.06. The monoisotopic (exact) mass is 193 g/mol. The van der Waals surface area contributed by atoms with Crippen molar-refractivity contribution in [2.45, 2.75) is 19.4 Å². The average Bonchev–Trinajstić information content (AvgIpc) is 2.47. The zero-order valence-electron chi connectivity index (χ0n) is 7.94. The van der Waals surface area contributed by atoms with Crippen LogP contribution in [0.3, 0.4) is 0 Å². The van der Waals surface area contributed by atoms with E-state index in [0.717, 1.165) is 5.69 Å². The molecule has 2 N–H and O–H groups in total. The van der Waals surface area contributed by atoms with Crippen molar-refractivity contribution in [3.8, 4) is 0 Å². The lowest BCUT2D eigenvalue weighted by molar-refractivity contribution is 0.629. The Morgan fingerprint density at radius 3 is 3.07 bits per heavy atom. The van der Waals surface area contributed by atoms with Crippen molar-refractivity contribution in [1.82, 2.24) is 9.38 Å². The third-order valence-corrected chi connectivity index (χ3v) is 2.02. The Morgan fingerprint density at radius 2 is 2.43 bits per heavy atom. The van der Waals surface area contributed by atoms with Crippen LogP contribution < -0.4 is 5.73 Å². The summed E-state index contributed by atoms with van der Waals surface area (Å²) in [5.74, 6) is -0.302. The van der Waals surface area contributed by atoms with E-state index in [1.165, 1.54) is 6.07 Å². The summed E-state index contributed by atoms with van der Waals surface area (Å²) in [5.41, 5.74) is 6.83. The molecule has 2 aromatic rings. The summed E-state index contributed by atoms with van der Waals surface area (Å²) in [5, 5.41) is 0. The number of pyridine rings is 1. The van der Waals surface area contributed by atoms with Gasteiger partial charge in [-0.25, -0.2) is 9.37 Å². The van der Waals surface area contributed by atoms with Crippen molar-refractivity contribution in [1.29, 1.82) is 0 Å². The number of hydrogen-bond acceptors (Lipinski definition) is 2. The fourth-order valence-electron chi connectivity index (χ4n) is 1.46. The molecular weight excluding hydrogens is 181 g/mol. The first-order valence-electron chi connectivity index (χ1n) is 4.54. The fourth-order valence-corrected chi connectivity index (χ4v) is 1.46. The molecule has 2 aromatic heterocycles. The first-order chi connectivity index (χ1) is 6.66. The Kier molecular flexibility index (Phi) is 2.21. The molecule has 0 aliphatic carbocycles. The molecule has 0 saturated carbocycles. The normalized spacial score (nSPS) is 13.4. The Balaban J connectivity index is 2.46. The minimum Gasteiger partial charge on any atom is -0.328 e. The molecule has 0 aliphatic rings. The minimum atomic E-state index is -0.302. The fraction of sp³-hybridized carbons (Fsp3) is 0.300. The second kappa shape index (κ2) is 3.38. The predicted octanol–water partition coefficient (Wildman–Crippen LogP) is 1.36. The predicted molar refractivity (Wildman–Crippen MR) is 52.5 cm³/mol. The number of hydrogen-bond donors (Lipinski definition) is 1. The standard InChI is InChI=1S/C10H12FN3/c1-7(12)5-8-6-14-4-2-3-9(11)10(14)13-8/h2-4,6-7H,5,12H2,1H3. The molecule has 1 atom stereocenters. The van der Waals surface area contributed by atoms with Gasteiger partial charge in [0.1, 0.15) is 0 Å². The minimum absolute atomic E-state index is 0.0444. The van der Waals surface area contributed by atoms with Gasteiger partial charge in [0.25, 0.3) is 0 Å². The molecule has 0 bridgehead atoms. The highest BCUT2D eigenvalue weighted by molar-refractivity contribution is 5.41. The van der Waals surface area contributed by atoms with Gasteiger partial charge in [0.2, 0.25) is 0 Å². The van der Waals surface area contributed by atoms with Crippen LogP contribution in [-0.4, -0.2) is 15.4 Å². The molecule has 0 saturated heterocycles. The second-order valence-corrected chi connectivity index (χ2v) is 3.50. The van der Waals surface area contributed by atoms with E-state index >= 15 is 0 Å². The Labute approximate surface area is 81.4 Å². The topological polar surface area (TPSA) is 43.3 Å². The lowest BCUT2D eigenvalue weighted by atomic mass is 10.2. The Bertz CT molecular complexity index is 448. The van der Waals surface area contributed by atoms with Crippen LogP contribution in [0.2, 0.25) is 0 Å². The number of aromatic nitrogens is 2. The molecule has 74 valence electrons. The molecular formula is C10H12FN3. The van der Waals surface area contributed by atoms with E-state index in [4.69, 9.17) is 5.73 Å². The van der Waals surface area contributed by atoms with Crippen molar-refractivity contribution < 1.29 is 4.39 Å². The first kappa shape index (κ1) is 9.15. The van der Waals surface area contributed by atoms with E-state index < -0.39 is 0 Å². The summed E-state index contributed by atoms with van der Waals surface area (Å²) in [6.07, 6.45) is 4.25. The quantitative estimate of drug-likeness (QED) is 0.782. The number of rotatable bonds is 2. The van der Waals surface area contributed by atoms with E-state index in [0.29, 0.717) is 12.1 Å². The van der Waals surface area contributed by atoms with E-state index in [1.807, 2.05) is 13.1 Å². The van der Waals surface area contributed by atoms with Crippen molar-refractivity contribution in [3.63, 3.8) is 0 Å². The van der Waals surface area contributed by atoms with Crippen LogP contribution in [0.4, 0.5) is 4.39 Å². The molecule has 0 radical (unpaired) electrons. The smallest absolute Gasteiger partial charge is 0.173 e. The van der Waals surface area contributed by atoms with Crippen LogP contribution in [0.25, 0.3) is 5.65 Å². The number of nitrogens with two attached hydrogens (primary N) is 1. The van der Waals surface area contributed by atoms with Crippen LogP contribution in [0.1, 0.15) is 12.6 Å². The van der Waals surface area contributed by atoms with Crippen molar-refractivity contribution in [2.24, 2.45) is 5.73 Å². The van der Waals surface area contributed by atoms with Gasteiger partial charge in [0, 0.05) is 24.9 Å². The molecule has 0 fully saturated rings. The van der Waals surface area contributed by atoms with E-state index in [2.05, 4.69) is 4.98 Å². The van der Waals surface area contributed by atoms with Crippen LogP contribution >= 0.6 is 0 Å². The van der Waals surface area contributed by atoms with Gasteiger partial charge in [-0.1, -0.05) is 0 Å². The van der Waals surface area contributed by atoms with E-state index in [1.54, 1.807) is 16.7 Å². The van der Waals surface area contributed by atoms with Gasteiger partial charge in [0.05, 0.1) is 5.69 Å². The lowest BCUT2D eigenvalue weighted by Gasteiger charge is -1.98. The van der Waals surface area contributed by atoms with Gasteiger partial charge < -0.3 is 10.1 Å². The Hall–Kier alpha value is -1.42. The van der Waals surface area contributed by atoms with Gasteiger partial charge in [-0.05, 0) is 19.1 Å². The molecule has 2 rings (SSSR count). The zero-order chi connectivity index (χ0) is 10.1. The summed E-state index contributed by atoms with van der Waals surface area (Å²) >= 11 is 0. The van der Waals surface area contributed by atoms with Crippen LogP contribution in [0, 0.1) is 5.82 Å². The molecule has 0 aromatic carbocycles. The molecule has 2 heterocycles. The maximum absolute atomic E-state index is 13.2. The number of nitrogens with zero attached hydrogens (tertiary/aromatic N) is 2. The largest absolute Gasteiger partial charge is 0.328 e. The number of imidazole rings is 1. The number of fused-ring (bicyclic) bond motifs is 1. The van der Waals surface area contributed by atoms with Crippen LogP contribution in [-0.2, 0) is 6.42 Å². The van der Waals surface area contributed by atoms with Gasteiger partial charge >= 0.3 is 0 Å². The summed E-state index contributed by atoms with van der Waals surface area (Å²) < 4.78 is 14.9. The van der Waals surface area contributed by atoms with Crippen molar-refractivity contribution in [3.05, 3.63) is 36.0 Å². The van der Waals surface area contributed by atoms with Crippen LogP contribution in [0.5, 0.6) is 0 Å². The lowest BCUT2D eigenvalue weighted by Crippen LogP contribution is -2.17. The molecule has 0 amide bonds. The van der Waals surface area contributed by atoms with E-state index in [-0.39, 0.29) is 11.9 Å². The first-order valence-corrected chi connectivity index (χ1v) is 4.54. The molecule has 4 heteroatoms. The van der Waals surface area contributed by atoms with E-state index in [9.17, 15) is 4.39 Å². The third kappa shape index (κ3) is 1.61. The molecule has 0 aliphatic heterocycles. The molecule has 1 unspecified atom stereocenters. The van der Waals surface area contributed by atoms with Crippen molar-refractivity contribution in [2.75, 3.05) is 0 Å². The number of halogens is 1. The van der Waals surface area contributed by atoms with Gasteiger partial charge in [-0.2, -0.15) is 0 Å². The second-order valence-electron chi connectivity index (χ2n) is 3.50. The van der Waals surface area contributed by atoms with Crippen molar-refractivity contribution >= 4 is 5.65 Å². The maximum Gasteiger partial charge on any atom is 0.173 e. The third-order valence-electron chi connectivity index (χ3n) is 2.02. The summed E-state index contributed by atoms with van der Waals surface area (Å²) in [6, 6.07) is 3.10. The SMILES string of the molecule is CC(N)Cc1cn2cccc(F)c2n1. The highest BCUT2D eigenvalue weighted by Crippen LogP contribution is 2.10. The average molecular weight is 193 g/mol. The molecule has 0 spiro atoms. The zero-order valence-corrected chi connectivity index (χ0v) is 7.94. The Morgan fingerprint density at radius 1 is 1.64 bits per heavy atom. The summed E-state index contributed by atoms with van der Waals surface area (Å²) in [4.78, 5) is 4.16. The molecule has 3 nitrogen and oxygen atoms in total. The highest BCUT2D eigenvalue weighted by atomic mass is 19.1. The van der Waals surface area contributed by atoms with Gasteiger partial charge in [-0.3, -0.25) is 0 Å². The maximum atomic E-state index is 13.2. The summed E-state index contributed by atoms with van der Waals surface area (Å²) in [6.45, 7) is 1.90.